The van der Waals surface area contributed by atoms with E-state index >= 15 is 0 Å². The quantitative estimate of drug-likeness (QED) is 0.762. The summed E-state index contributed by atoms with van der Waals surface area (Å²) in [5, 5.41) is 19.2. The fourth-order valence-electron chi connectivity index (χ4n) is 2.74. The smallest absolute Gasteiger partial charge is 0.410 e. The number of carboxylic acid groups (broad SMARTS) is 2. The minimum Gasteiger partial charge on any atom is -0.479 e. The number of carbonyl (C=O) groups is 3. The van der Waals surface area contributed by atoms with Gasteiger partial charge in [0.05, 0.1) is 6.54 Å². The Labute approximate surface area is 136 Å². The van der Waals surface area contributed by atoms with Crippen molar-refractivity contribution in [3.05, 3.63) is 0 Å². The third-order valence-corrected chi connectivity index (χ3v) is 3.95. The molecule has 8 nitrogen and oxygen atoms in total. The monoisotopic (exact) mass is 330 g/mol. The van der Waals surface area contributed by atoms with Gasteiger partial charge >= 0.3 is 18.2 Å². The van der Waals surface area contributed by atoms with Crippen molar-refractivity contribution in [2.45, 2.75) is 52.7 Å². The Morgan fingerprint density at radius 3 is 1.87 bits per heavy atom. The molecule has 8 heteroatoms. The van der Waals surface area contributed by atoms with E-state index in [2.05, 4.69) is 0 Å². The van der Waals surface area contributed by atoms with Crippen LogP contribution in [0.4, 0.5) is 9.59 Å². The van der Waals surface area contributed by atoms with E-state index in [-0.39, 0.29) is 19.6 Å². The van der Waals surface area contributed by atoms with E-state index in [4.69, 9.17) is 4.74 Å². The van der Waals surface area contributed by atoms with Crippen LogP contribution in [0.2, 0.25) is 0 Å². The number of hydrogen-bond acceptors (Lipinski definition) is 4. The van der Waals surface area contributed by atoms with E-state index in [1.807, 2.05) is 0 Å². The summed E-state index contributed by atoms with van der Waals surface area (Å²) >= 11 is 0. The highest BCUT2D eigenvalue weighted by Gasteiger charge is 2.59. The van der Waals surface area contributed by atoms with Crippen LogP contribution in [-0.4, -0.2) is 68.9 Å². The molecule has 0 radical (unpaired) electrons. The number of amides is 2. The van der Waals surface area contributed by atoms with Crippen molar-refractivity contribution in [1.82, 2.24) is 9.80 Å². The first-order valence-electron chi connectivity index (χ1n) is 7.44. The van der Waals surface area contributed by atoms with Crippen LogP contribution in [0.15, 0.2) is 0 Å². The summed E-state index contributed by atoms with van der Waals surface area (Å²) in [5.74, 6) is -1.28. The predicted octanol–water partition coefficient (Wildman–Crippen LogP) is 2.09. The van der Waals surface area contributed by atoms with Gasteiger partial charge in [-0.15, -0.1) is 0 Å². The molecule has 0 aromatic rings. The maximum absolute atomic E-state index is 12.3. The molecule has 2 N–H and O–H groups in total. The number of carbonyl (C=O) groups excluding carboxylic acids is 1. The summed E-state index contributed by atoms with van der Waals surface area (Å²) in [4.78, 5) is 38.0. The first-order valence-corrected chi connectivity index (χ1v) is 7.44. The average molecular weight is 330 g/mol. The zero-order chi connectivity index (χ0) is 18.2. The number of rotatable bonds is 1. The van der Waals surface area contributed by atoms with Crippen LogP contribution in [-0.2, 0) is 9.53 Å². The zero-order valence-corrected chi connectivity index (χ0v) is 14.5. The lowest BCUT2D eigenvalue weighted by Crippen LogP contribution is -2.73. The Balaban J connectivity index is 3.23. The van der Waals surface area contributed by atoms with Gasteiger partial charge in [-0.1, -0.05) is 20.8 Å². The van der Waals surface area contributed by atoms with Crippen molar-refractivity contribution < 1.29 is 29.3 Å². The first-order chi connectivity index (χ1) is 10.2. The maximum atomic E-state index is 12.3. The third kappa shape index (κ3) is 3.68. The van der Waals surface area contributed by atoms with E-state index in [1.54, 1.807) is 41.5 Å². The normalized spacial score (nSPS) is 22.7. The van der Waals surface area contributed by atoms with Gasteiger partial charge in [0.1, 0.15) is 5.60 Å². The lowest BCUT2D eigenvalue weighted by Gasteiger charge is -2.52. The second-order valence-corrected chi connectivity index (χ2v) is 7.75. The van der Waals surface area contributed by atoms with Crippen molar-refractivity contribution in [3.63, 3.8) is 0 Å². The predicted molar refractivity (Wildman–Crippen MR) is 82.4 cm³/mol. The van der Waals surface area contributed by atoms with E-state index in [9.17, 15) is 24.6 Å². The Morgan fingerprint density at radius 2 is 1.52 bits per heavy atom. The number of piperazine rings is 1. The number of aliphatic carboxylic acids is 1. The largest absolute Gasteiger partial charge is 0.479 e. The molecular formula is C15H26N2O6. The Kier molecular flexibility index (Phi) is 4.89. The number of nitrogens with zero attached hydrogens (tertiary/aromatic N) is 2. The second kappa shape index (κ2) is 5.90. The van der Waals surface area contributed by atoms with Crippen molar-refractivity contribution in [2.24, 2.45) is 5.41 Å². The molecule has 0 aromatic carbocycles. The Bertz CT molecular complexity index is 505. The number of hydrogen-bond donors (Lipinski definition) is 2. The molecule has 0 saturated carbocycles. The van der Waals surface area contributed by atoms with Crippen LogP contribution in [0.3, 0.4) is 0 Å². The molecule has 0 spiro atoms. The summed E-state index contributed by atoms with van der Waals surface area (Å²) in [6.45, 7) is 9.84. The molecule has 0 aliphatic carbocycles. The SMILES string of the molecule is CC(C)(C)OC(=O)N1CCN(C(=O)O)C(C(=O)O)(C(C)(C)C)C1. The molecule has 0 bridgehead atoms. The van der Waals surface area contributed by atoms with Crippen molar-refractivity contribution in [3.8, 4) is 0 Å². The van der Waals surface area contributed by atoms with Crippen molar-refractivity contribution in [1.29, 1.82) is 0 Å². The van der Waals surface area contributed by atoms with Crippen molar-refractivity contribution >= 4 is 18.2 Å². The topological polar surface area (TPSA) is 107 Å². The summed E-state index contributed by atoms with van der Waals surface area (Å²) in [7, 11) is 0. The van der Waals surface area contributed by atoms with Gasteiger partial charge < -0.3 is 19.8 Å². The van der Waals surface area contributed by atoms with Crippen LogP contribution < -0.4 is 0 Å². The molecule has 1 aliphatic rings. The number of carboxylic acids is 1. The molecule has 132 valence electrons. The van der Waals surface area contributed by atoms with Crippen LogP contribution >= 0.6 is 0 Å². The minimum absolute atomic E-state index is 0.0852. The van der Waals surface area contributed by atoms with Crippen LogP contribution in [0.1, 0.15) is 41.5 Å². The maximum Gasteiger partial charge on any atom is 0.410 e. The molecule has 0 aromatic heterocycles. The highest BCUT2D eigenvalue weighted by Crippen LogP contribution is 2.39. The lowest BCUT2D eigenvalue weighted by molar-refractivity contribution is -0.164. The molecule has 2 amide bonds. The molecule has 23 heavy (non-hydrogen) atoms. The standard InChI is InChI=1S/C15H26N2O6/c1-13(2,3)15(10(18)19)9-16(7-8-17(15)11(20)21)12(22)23-14(4,5)6/h7-9H2,1-6H3,(H,18,19)(H,20,21). The van der Waals surface area contributed by atoms with E-state index in [0.717, 1.165) is 4.90 Å². The Morgan fingerprint density at radius 1 is 1.00 bits per heavy atom. The van der Waals surface area contributed by atoms with Gasteiger partial charge in [0.15, 0.2) is 5.54 Å². The zero-order valence-electron chi connectivity index (χ0n) is 14.5. The van der Waals surface area contributed by atoms with E-state index < -0.39 is 34.7 Å². The van der Waals surface area contributed by atoms with Gasteiger partial charge in [-0.2, -0.15) is 0 Å². The van der Waals surface area contributed by atoms with Gasteiger partial charge in [0.2, 0.25) is 0 Å². The van der Waals surface area contributed by atoms with Gasteiger partial charge in [0, 0.05) is 13.1 Å². The molecule has 1 rings (SSSR count). The molecule has 1 aliphatic heterocycles. The van der Waals surface area contributed by atoms with Crippen LogP contribution in [0.25, 0.3) is 0 Å². The first kappa shape index (κ1) is 19.1. The summed E-state index contributed by atoms with van der Waals surface area (Å²) < 4.78 is 5.29. The molecule has 1 atom stereocenters. The summed E-state index contributed by atoms with van der Waals surface area (Å²) in [5.41, 5.74) is -3.37. The van der Waals surface area contributed by atoms with E-state index in [0.29, 0.717) is 0 Å². The molecule has 1 heterocycles. The van der Waals surface area contributed by atoms with Crippen molar-refractivity contribution in [2.75, 3.05) is 19.6 Å². The van der Waals surface area contributed by atoms with Crippen LogP contribution in [0.5, 0.6) is 0 Å². The van der Waals surface area contributed by atoms with Gasteiger partial charge in [0.25, 0.3) is 0 Å². The molecule has 1 fully saturated rings. The highest BCUT2D eigenvalue weighted by molar-refractivity contribution is 5.86. The molecule has 1 unspecified atom stereocenters. The molecular weight excluding hydrogens is 304 g/mol. The van der Waals surface area contributed by atoms with Gasteiger partial charge in [-0.3, -0.25) is 4.90 Å². The molecule has 1 saturated heterocycles. The third-order valence-electron chi connectivity index (χ3n) is 3.95. The average Bonchev–Trinajstić information content (AvgIpc) is 2.33. The fraction of sp³-hybridized carbons (Fsp3) is 0.800. The summed E-state index contributed by atoms with van der Waals surface area (Å²) in [6, 6.07) is 0. The fourth-order valence-corrected chi connectivity index (χ4v) is 2.74. The second-order valence-electron chi connectivity index (χ2n) is 7.75. The minimum atomic E-state index is -1.74. The Hall–Kier alpha value is -1.99. The van der Waals surface area contributed by atoms with Crippen LogP contribution in [0, 0.1) is 5.41 Å². The van der Waals surface area contributed by atoms with Gasteiger partial charge in [-0.25, -0.2) is 14.4 Å². The lowest BCUT2D eigenvalue weighted by atomic mass is 9.71. The van der Waals surface area contributed by atoms with Gasteiger partial charge in [-0.05, 0) is 26.2 Å². The number of ether oxygens (including phenoxy) is 1. The van der Waals surface area contributed by atoms with E-state index in [1.165, 1.54) is 4.90 Å². The summed E-state index contributed by atoms with van der Waals surface area (Å²) in [6.07, 6.45) is -1.96. The highest BCUT2D eigenvalue weighted by atomic mass is 16.6.